The monoisotopic (exact) mass is 458 g/mol. The standard InChI is InChI=1S/C23H23ClN2O6/c1-5-31-19-8-7-14(10-21(19)30-4)9-15(13-25)22(27)26-18-12-20(29-3)16(11-17(18)24)23(28)32-6-2/h7-12H,5-6H2,1-4H3,(H,26,27)/b15-9+. The highest BCUT2D eigenvalue weighted by molar-refractivity contribution is 6.34. The summed E-state index contributed by atoms with van der Waals surface area (Å²) in [6.45, 7) is 4.18. The minimum absolute atomic E-state index is 0.0854. The number of nitrogens with one attached hydrogen (secondary N) is 1. The van der Waals surface area contributed by atoms with Crippen molar-refractivity contribution in [3.05, 3.63) is 52.1 Å². The van der Waals surface area contributed by atoms with Crippen LogP contribution in [0.5, 0.6) is 17.2 Å². The first-order chi connectivity index (χ1) is 15.4. The van der Waals surface area contributed by atoms with Crippen molar-refractivity contribution in [2.24, 2.45) is 0 Å². The molecule has 2 aromatic rings. The predicted molar refractivity (Wildman–Crippen MR) is 120 cm³/mol. The second-order valence-electron chi connectivity index (χ2n) is 6.22. The predicted octanol–water partition coefficient (Wildman–Crippen LogP) is 4.48. The van der Waals surface area contributed by atoms with Crippen LogP contribution in [0.2, 0.25) is 5.02 Å². The summed E-state index contributed by atoms with van der Waals surface area (Å²) in [4.78, 5) is 24.8. The van der Waals surface area contributed by atoms with Gasteiger partial charge in [-0.05, 0) is 43.7 Å². The minimum atomic E-state index is -0.687. The fourth-order valence-electron chi connectivity index (χ4n) is 2.74. The zero-order valence-electron chi connectivity index (χ0n) is 18.2. The van der Waals surface area contributed by atoms with E-state index in [-0.39, 0.29) is 34.2 Å². The highest BCUT2D eigenvalue weighted by Crippen LogP contribution is 2.32. The smallest absolute Gasteiger partial charge is 0.341 e. The molecule has 0 saturated heterocycles. The molecule has 0 heterocycles. The van der Waals surface area contributed by atoms with Crippen LogP contribution in [0.15, 0.2) is 35.9 Å². The second-order valence-corrected chi connectivity index (χ2v) is 6.63. The molecule has 32 heavy (non-hydrogen) atoms. The van der Waals surface area contributed by atoms with Crippen molar-refractivity contribution in [3.8, 4) is 23.3 Å². The van der Waals surface area contributed by atoms with Gasteiger partial charge in [0.05, 0.1) is 38.1 Å². The normalized spacial score (nSPS) is 10.7. The van der Waals surface area contributed by atoms with Crippen LogP contribution < -0.4 is 19.5 Å². The van der Waals surface area contributed by atoms with E-state index < -0.39 is 11.9 Å². The van der Waals surface area contributed by atoms with Gasteiger partial charge in [0.15, 0.2) is 11.5 Å². The van der Waals surface area contributed by atoms with Crippen LogP contribution in [0.25, 0.3) is 6.08 Å². The number of hydrogen-bond donors (Lipinski definition) is 1. The molecule has 2 aromatic carbocycles. The highest BCUT2D eigenvalue weighted by atomic mass is 35.5. The second kappa shape index (κ2) is 11.6. The lowest BCUT2D eigenvalue weighted by Gasteiger charge is -2.13. The summed E-state index contributed by atoms with van der Waals surface area (Å²) < 4.78 is 20.9. The molecule has 0 radical (unpaired) electrons. The molecule has 0 aliphatic rings. The Balaban J connectivity index is 2.32. The number of carbonyl (C=O) groups is 2. The number of nitrogens with zero attached hydrogens (tertiary/aromatic N) is 1. The molecular weight excluding hydrogens is 436 g/mol. The van der Waals surface area contributed by atoms with Gasteiger partial charge in [0.1, 0.15) is 23.0 Å². The van der Waals surface area contributed by atoms with Gasteiger partial charge in [0, 0.05) is 6.07 Å². The van der Waals surface area contributed by atoms with Gasteiger partial charge in [-0.25, -0.2) is 4.79 Å². The van der Waals surface area contributed by atoms with Crippen molar-refractivity contribution in [3.63, 3.8) is 0 Å². The van der Waals surface area contributed by atoms with Crippen LogP contribution in [-0.2, 0) is 9.53 Å². The number of halogens is 1. The molecule has 0 aliphatic heterocycles. The molecule has 2 rings (SSSR count). The summed E-state index contributed by atoms with van der Waals surface area (Å²) in [5, 5.41) is 12.1. The van der Waals surface area contributed by atoms with Crippen molar-refractivity contribution >= 4 is 35.2 Å². The summed E-state index contributed by atoms with van der Waals surface area (Å²) in [5.41, 5.74) is 0.695. The molecule has 0 spiro atoms. The van der Waals surface area contributed by atoms with Gasteiger partial charge in [-0.1, -0.05) is 17.7 Å². The van der Waals surface area contributed by atoms with E-state index in [1.807, 2.05) is 13.0 Å². The lowest BCUT2D eigenvalue weighted by Crippen LogP contribution is -2.15. The molecule has 0 saturated carbocycles. The van der Waals surface area contributed by atoms with Gasteiger partial charge in [0.25, 0.3) is 5.91 Å². The van der Waals surface area contributed by atoms with Crippen LogP contribution in [0, 0.1) is 11.3 Å². The summed E-state index contributed by atoms with van der Waals surface area (Å²) in [5.74, 6) is -0.0995. The van der Waals surface area contributed by atoms with Gasteiger partial charge >= 0.3 is 5.97 Å². The molecule has 0 aromatic heterocycles. The van der Waals surface area contributed by atoms with E-state index in [1.165, 1.54) is 32.4 Å². The van der Waals surface area contributed by atoms with Crippen LogP contribution in [-0.4, -0.2) is 39.3 Å². The summed E-state index contributed by atoms with van der Waals surface area (Å²) in [6.07, 6.45) is 1.41. The number of ether oxygens (including phenoxy) is 4. The fraction of sp³-hybridized carbons (Fsp3) is 0.261. The Morgan fingerprint density at radius 1 is 1.06 bits per heavy atom. The molecular formula is C23H23ClN2O6. The van der Waals surface area contributed by atoms with Crippen LogP contribution in [0.4, 0.5) is 5.69 Å². The average molecular weight is 459 g/mol. The molecule has 1 amide bonds. The van der Waals surface area contributed by atoms with Crippen molar-refractivity contribution < 1.29 is 28.5 Å². The average Bonchev–Trinajstić information content (AvgIpc) is 2.79. The van der Waals surface area contributed by atoms with Crippen LogP contribution in [0.1, 0.15) is 29.8 Å². The SMILES string of the molecule is CCOC(=O)c1cc(Cl)c(NC(=O)/C(C#N)=C/c2ccc(OCC)c(OC)c2)cc1OC. The molecule has 0 bridgehead atoms. The lowest BCUT2D eigenvalue weighted by molar-refractivity contribution is -0.112. The summed E-state index contributed by atoms with van der Waals surface area (Å²) in [7, 11) is 2.87. The number of amides is 1. The highest BCUT2D eigenvalue weighted by Gasteiger charge is 2.19. The molecule has 9 heteroatoms. The van der Waals surface area contributed by atoms with Crippen molar-refractivity contribution in [1.82, 2.24) is 0 Å². The molecule has 1 N–H and O–H groups in total. The van der Waals surface area contributed by atoms with Crippen molar-refractivity contribution in [1.29, 1.82) is 5.26 Å². The number of esters is 1. The van der Waals surface area contributed by atoms with E-state index in [2.05, 4.69) is 5.32 Å². The first kappa shape index (κ1) is 24.6. The Bertz CT molecular complexity index is 1070. The molecule has 0 aliphatic carbocycles. The Morgan fingerprint density at radius 3 is 2.38 bits per heavy atom. The third-order valence-electron chi connectivity index (χ3n) is 4.20. The maximum absolute atomic E-state index is 12.7. The van der Waals surface area contributed by atoms with Crippen molar-refractivity contribution in [2.45, 2.75) is 13.8 Å². The van der Waals surface area contributed by atoms with Crippen LogP contribution >= 0.6 is 11.6 Å². The number of methoxy groups -OCH3 is 2. The molecule has 0 unspecified atom stereocenters. The number of benzene rings is 2. The number of rotatable bonds is 9. The summed E-state index contributed by atoms with van der Waals surface area (Å²) >= 11 is 6.23. The van der Waals surface area contributed by atoms with E-state index in [9.17, 15) is 14.9 Å². The Labute approximate surface area is 191 Å². The van der Waals surface area contributed by atoms with E-state index in [1.54, 1.807) is 25.1 Å². The molecule has 8 nitrogen and oxygen atoms in total. The van der Waals surface area contributed by atoms with E-state index >= 15 is 0 Å². The lowest BCUT2D eigenvalue weighted by atomic mass is 10.1. The largest absolute Gasteiger partial charge is 0.496 e. The number of anilines is 1. The quantitative estimate of drug-likeness (QED) is 0.335. The van der Waals surface area contributed by atoms with Gasteiger partial charge in [0.2, 0.25) is 0 Å². The molecule has 0 fully saturated rings. The summed E-state index contributed by atoms with van der Waals surface area (Å²) in [6, 6.07) is 9.64. The third kappa shape index (κ3) is 5.93. The Hall–Kier alpha value is -3.70. The van der Waals surface area contributed by atoms with Gasteiger partial charge in [-0.15, -0.1) is 0 Å². The first-order valence-corrected chi connectivity index (χ1v) is 10.0. The van der Waals surface area contributed by atoms with Crippen molar-refractivity contribution in [2.75, 3.05) is 32.8 Å². The number of nitriles is 1. The Morgan fingerprint density at radius 2 is 1.78 bits per heavy atom. The number of hydrogen-bond acceptors (Lipinski definition) is 7. The Kier molecular flexibility index (Phi) is 8.93. The maximum Gasteiger partial charge on any atom is 0.341 e. The first-order valence-electron chi connectivity index (χ1n) is 9.67. The number of carbonyl (C=O) groups excluding carboxylic acids is 2. The molecule has 168 valence electrons. The topological polar surface area (TPSA) is 107 Å². The third-order valence-corrected chi connectivity index (χ3v) is 4.51. The van der Waals surface area contributed by atoms with E-state index in [0.717, 1.165) is 0 Å². The van der Waals surface area contributed by atoms with Gasteiger partial charge in [-0.2, -0.15) is 5.26 Å². The minimum Gasteiger partial charge on any atom is -0.496 e. The van der Waals surface area contributed by atoms with E-state index in [0.29, 0.717) is 23.7 Å². The fourth-order valence-corrected chi connectivity index (χ4v) is 2.95. The van der Waals surface area contributed by atoms with E-state index in [4.69, 9.17) is 30.5 Å². The maximum atomic E-state index is 12.7. The zero-order chi connectivity index (χ0) is 23.7. The van der Waals surface area contributed by atoms with Gasteiger partial charge in [-0.3, -0.25) is 4.79 Å². The van der Waals surface area contributed by atoms with Gasteiger partial charge < -0.3 is 24.3 Å². The zero-order valence-corrected chi connectivity index (χ0v) is 18.9. The van der Waals surface area contributed by atoms with Crippen LogP contribution in [0.3, 0.4) is 0 Å². The molecule has 0 atom stereocenters.